The summed E-state index contributed by atoms with van der Waals surface area (Å²) in [5, 5.41) is 0. The maximum atomic E-state index is 10.5. The summed E-state index contributed by atoms with van der Waals surface area (Å²) in [4.78, 5) is 12.5. The van der Waals surface area contributed by atoms with E-state index in [1.807, 2.05) is 29.2 Å². The Hall–Kier alpha value is -1.97. The standard InChI is InChI=1S/C10H10N2O2/c11-10(13)14-9-5-1-3-8-4-2-6-12(8)7-9/h1-5,7H,6H2,(H2,11,13). The normalized spacial score (nSPS) is 18.4. The van der Waals surface area contributed by atoms with Gasteiger partial charge in [-0.1, -0.05) is 12.2 Å². The van der Waals surface area contributed by atoms with E-state index in [4.69, 9.17) is 10.5 Å². The number of nitrogens with two attached hydrogens (primary N) is 1. The fourth-order valence-electron chi connectivity index (χ4n) is 1.38. The largest absolute Gasteiger partial charge is 0.410 e. The topological polar surface area (TPSA) is 55.6 Å². The highest BCUT2D eigenvalue weighted by atomic mass is 16.5. The molecule has 2 N–H and O–H groups in total. The molecule has 2 rings (SSSR count). The van der Waals surface area contributed by atoms with E-state index in [2.05, 4.69) is 0 Å². The Balaban J connectivity index is 2.19. The lowest BCUT2D eigenvalue weighted by Gasteiger charge is -2.13. The fourth-order valence-corrected chi connectivity index (χ4v) is 1.38. The minimum absolute atomic E-state index is 0.451. The maximum absolute atomic E-state index is 10.5. The van der Waals surface area contributed by atoms with E-state index in [0.717, 1.165) is 12.2 Å². The summed E-state index contributed by atoms with van der Waals surface area (Å²) in [6.45, 7) is 0.791. The second-order valence-corrected chi connectivity index (χ2v) is 2.96. The van der Waals surface area contributed by atoms with Gasteiger partial charge in [0.15, 0.2) is 0 Å². The first-order valence-electron chi connectivity index (χ1n) is 4.26. The van der Waals surface area contributed by atoms with Crippen molar-refractivity contribution in [2.75, 3.05) is 6.54 Å². The Morgan fingerprint density at radius 1 is 1.50 bits per heavy atom. The summed E-state index contributed by atoms with van der Waals surface area (Å²) in [6, 6.07) is 0. The van der Waals surface area contributed by atoms with E-state index in [0.29, 0.717) is 5.76 Å². The number of fused-ring (bicyclic) bond motifs is 1. The van der Waals surface area contributed by atoms with Gasteiger partial charge < -0.3 is 15.4 Å². The van der Waals surface area contributed by atoms with E-state index in [-0.39, 0.29) is 0 Å². The van der Waals surface area contributed by atoms with Crippen LogP contribution in [-0.4, -0.2) is 17.5 Å². The van der Waals surface area contributed by atoms with E-state index in [1.54, 1.807) is 12.3 Å². The van der Waals surface area contributed by atoms with E-state index >= 15 is 0 Å². The first kappa shape index (κ1) is 8.62. The zero-order valence-electron chi connectivity index (χ0n) is 7.51. The van der Waals surface area contributed by atoms with Crippen molar-refractivity contribution >= 4 is 6.09 Å². The summed E-state index contributed by atoms with van der Waals surface area (Å²) in [5.74, 6) is 0.451. The molecule has 0 spiro atoms. The number of rotatable bonds is 1. The van der Waals surface area contributed by atoms with Crippen LogP contribution < -0.4 is 5.73 Å². The van der Waals surface area contributed by atoms with Gasteiger partial charge in [-0.15, -0.1) is 0 Å². The molecule has 0 fully saturated rings. The summed E-state index contributed by atoms with van der Waals surface area (Å²) in [5.41, 5.74) is 6.00. The molecule has 2 heterocycles. The van der Waals surface area contributed by atoms with Crippen LogP contribution in [0.2, 0.25) is 0 Å². The molecule has 72 valence electrons. The predicted molar refractivity (Wildman–Crippen MR) is 51.8 cm³/mol. The molecule has 0 atom stereocenters. The van der Waals surface area contributed by atoms with Crippen LogP contribution in [0.4, 0.5) is 4.79 Å². The van der Waals surface area contributed by atoms with Crippen LogP contribution >= 0.6 is 0 Å². The summed E-state index contributed by atoms with van der Waals surface area (Å²) >= 11 is 0. The van der Waals surface area contributed by atoms with Gasteiger partial charge in [-0.3, -0.25) is 0 Å². The first-order chi connectivity index (χ1) is 6.75. The van der Waals surface area contributed by atoms with Crippen molar-refractivity contribution in [3.8, 4) is 0 Å². The van der Waals surface area contributed by atoms with Gasteiger partial charge in [0, 0.05) is 18.4 Å². The molecule has 2 aliphatic rings. The SMILES string of the molecule is NC(=O)OC1=CN2CC=CC2=CC=C1. The van der Waals surface area contributed by atoms with Crippen LogP contribution in [0.5, 0.6) is 0 Å². The molecule has 0 saturated heterocycles. The zero-order chi connectivity index (χ0) is 9.97. The van der Waals surface area contributed by atoms with E-state index < -0.39 is 6.09 Å². The quantitative estimate of drug-likeness (QED) is 0.677. The van der Waals surface area contributed by atoms with Gasteiger partial charge in [0.2, 0.25) is 0 Å². The second-order valence-electron chi connectivity index (χ2n) is 2.96. The van der Waals surface area contributed by atoms with Gasteiger partial charge >= 0.3 is 6.09 Å². The molecule has 2 aliphatic heterocycles. The zero-order valence-corrected chi connectivity index (χ0v) is 7.51. The molecular weight excluding hydrogens is 180 g/mol. The van der Waals surface area contributed by atoms with E-state index in [1.165, 1.54) is 0 Å². The molecule has 0 aromatic heterocycles. The highest BCUT2D eigenvalue weighted by Gasteiger charge is 2.12. The van der Waals surface area contributed by atoms with Crippen LogP contribution in [0.3, 0.4) is 0 Å². The molecule has 1 amide bonds. The third kappa shape index (κ3) is 1.69. The van der Waals surface area contributed by atoms with Crippen LogP contribution in [0.25, 0.3) is 0 Å². The number of allylic oxidation sites excluding steroid dienone is 4. The Bertz CT molecular complexity index is 378. The van der Waals surface area contributed by atoms with Gasteiger partial charge in [-0.05, 0) is 18.2 Å². The van der Waals surface area contributed by atoms with Crippen molar-refractivity contribution in [2.24, 2.45) is 5.73 Å². The monoisotopic (exact) mass is 190 g/mol. The molecule has 0 aliphatic carbocycles. The fraction of sp³-hybridized carbons (Fsp3) is 0.100. The number of ether oxygens (including phenoxy) is 1. The molecule has 0 unspecified atom stereocenters. The van der Waals surface area contributed by atoms with Crippen molar-refractivity contribution in [3.63, 3.8) is 0 Å². The van der Waals surface area contributed by atoms with E-state index in [9.17, 15) is 4.79 Å². The number of hydrogen-bond donors (Lipinski definition) is 1. The van der Waals surface area contributed by atoms with Gasteiger partial charge in [-0.25, -0.2) is 4.79 Å². The highest BCUT2D eigenvalue weighted by molar-refractivity contribution is 5.66. The van der Waals surface area contributed by atoms with Gasteiger partial charge in [-0.2, -0.15) is 0 Å². The molecular formula is C10H10N2O2. The van der Waals surface area contributed by atoms with Crippen molar-refractivity contribution < 1.29 is 9.53 Å². The smallest absolute Gasteiger partial charge is 0.409 e. The first-order valence-corrected chi connectivity index (χ1v) is 4.26. The van der Waals surface area contributed by atoms with Crippen molar-refractivity contribution in [3.05, 3.63) is 48.0 Å². The van der Waals surface area contributed by atoms with Crippen LogP contribution in [0, 0.1) is 0 Å². The summed E-state index contributed by atoms with van der Waals surface area (Å²) < 4.78 is 4.79. The van der Waals surface area contributed by atoms with Crippen LogP contribution in [0.1, 0.15) is 0 Å². The number of nitrogens with zero attached hydrogens (tertiary/aromatic N) is 1. The Labute approximate surface area is 81.6 Å². The molecule has 0 aromatic carbocycles. The third-order valence-corrected chi connectivity index (χ3v) is 1.95. The molecule has 4 heteroatoms. The lowest BCUT2D eigenvalue weighted by atomic mass is 10.4. The van der Waals surface area contributed by atoms with Crippen molar-refractivity contribution in [1.82, 2.24) is 4.90 Å². The minimum atomic E-state index is -0.795. The van der Waals surface area contributed by atoms with Crippen molar-refractivity contribution in [2.45, 2.75) is 0 Å². The lowest BCUT2D eigenvalue weighted by molar-refractivity contribution is 0.188. The minimum Gasteiger partial charge on any atom is -0.409 e. The molecule has 0 radical (unpaired) electrons. The highest BCUT2D eigenvalue weighted by Crippen LogP contribution is 2.19. The second kappa shape index (κ2) is 3.41. The maximum Gasteiger partial charge on any atom is 0.410 e. The molecule has 0 saturated carbocycles. The van der Waals surface area contributed by atoms with Gasteiger partial charge in [0.05, 0.1) is 0 Å². The lowest BCUT2D eigenvalue weighted by Crippen LogP contribution is -2.15. The van der Waals surface area contributed by atoms with Gasteiger partial charge in [0.1, 0.15) is 5.76 Å². The summed E-state index contributed by atoms with van der Waals surface area (Å²) in [6.07, 6.45) is 10.5. The van der Waals surface area contributed by atoms with Crippen molar-refractivity contribution in [1.29, 1.82) is 0 Å². The Kier molecular flexibility index (Phi) is 2.10. The Morgan fingerprint density at radius 2 is 2.36 bits per heavy atom. The molecule has 0 bridgehead atoms. The number of carbonyl (C=O) groups excluding carboxylic acids is 1. The number of carbonyl (C=O) groups is 1. The molecule has 0 aromatic rings. The third-order valence-electron chi connectivity index (χ3n) is 1.95. The Morgan fingerprint density at radius 3 is 3.14 bits per heavy atom. The number of primary amides is 1. The molecule has 4 nitrogen and oxygen atoms in total. The number of hydrogen-bond acceptors (Lipinski definition) is 3. The average molecular weight is 190 g/mol. The van der Waals surface area contributed by atoms with Crippen LogP contribution in [-0.2, 0) is 4.74 Å². The van der Waals surface area contributed by atoms with Gasteiger partial charge in [0.25, 0.3) is 0 Å². The average Bonchev–Trinajstić information content (AvgIpc) is 2.44. The number of amides is 1. The summed E-state index contributed by atoms with van der Waals surface area (Å²) in [7, 11) is 0. The van der Waals surface area contributed by atoms with Crippen LogP contribution in [0.15, 0.2) is 48.0 Å². The molecule has 14 heavy (non-hydrogen) atoms. The predicted octanol–water partition coefficient (Wildman–Crippen LogP) is 1.25.